The van der Waals surface area contributed by atoms with E-state index < -0.39 is 23.9 Å². The lowest BCUT2D eigenvalue weighted by Crippen LogP contribution is -2.54. The monoisotopic (exact) mass is 362 g/mol. The molecule has 5 N–H and O–H groups in total. The minimum absolute atomic E-state index is 0.333. The number of carbonyl (C=O) groups is 2. The number of nitrogens with zero attached hydrogens (tertiary/aromatic N) is 1. The van der Waals surface area contributed by atoms with E-state index >= 15 is 0 Å². The Morgan fingerprint density at radius 3 is 2.11 bits per heavy atom. The van der Waals surface area contributed by atoms with Crippen molar-refractivity contribution in [2.45, 2.75) is 19.0 Å². The Morgan fingerprint density at radius 1 is 1.04 bits per heavy atom. The number of carbonyl (C=O) groups excluding carboxylic acids is 2. The summed E-state index contributed by atoms with van der Waals surface area (Å²) < 4.78 is 0. The van der Waals surface area contributed by atoms with Gasteiger partial charge in [-0.05, 0) is 55.2 Å². The van der Waals surface area contributed by atoms with E-state index in [4.69, 9.17) is 10.9 Å². The van der Waals surface area contributed by atoms with Crippen molar-refractivity contribution in [2.75, 3.05) is 0 Å². The van der Waals surface area contributed by atoms with Crippen LogP contribution in [-0.4, -0.2) is 34.1 Å². The third kappa shape index (κ3) is 5.98. The molecule has 0 aliphatic heterocycles. The first kappa shape index (κ1) is 19.7. The van der Waals surface area contributed by atoms with E-state index in [1.54, 1.807) is 55.7 Å². The second kappa shape index (κ2) is 9.73. The van der Waals surface area contributed by atoms with E-state index in [2.05, 4.69) is 34.0 Å². The molecule has 0 aliphatic rings. The number of nitrogens with one attached hydrogen (secondary N) is 2. The number of hydrogen-bond donors (Lipinski definition) is 4. The Labute approximate surface area is 157 Å². The highest BCUT2D eigenvalue weighted by molar-refractivity contribution is 5.97. The zero-order chi connectivity index (χ0) is 19.6. The van der Waals surface area contributed by atoms with Gasteiger partial charge in [0.25, 0.3) is 11.8 Å². The van der Waals surface area contributed by atoms with Gasteiger partial charge in [0, 0.05) is 35.1 Å². The highest BCUT2D eigenvalue weighted by Crippen LogP contribution is 2.04. The standard InChI is InChI=1S/C20H18N4O3/c1-14(21)18(20(26)24-27)23-19(25)17-8-6-15(7-9-17)4-2-3-5-16-10-12-22-13-11-16/h6-14,18,27H,21H2,1H3,(H,23,25)(H,24,26)/t14-,18+/m1/s1. The zero-order valence-electron chi connectivity index (χ0n) is 14.6. The molecule has 0 aliphatic carbocycles. The van der Waals surface area contributed by atoms with Crippen LogP contribution in [0.5, 0.6) is 0 Å². The molecule has 2 rings (SSSR count). The van der Waals surface area contributed by atoms with E-state index in [1.165, 1.54) is 5.48 Å². The topological polar surface area (TPSA) is 117 Å². The van der Waals surface area contributed by atoms with Crippen LogP contribution in [0.4, 0.5) is 0 Å². The molecule has 0 saturated carbocycles. The molecule has 2 atom stereocenters. The predicted octanol–water partition coefficient (Wildman–Crippen LogP) is 0.436. The molecule has 0 spiro atoms. The van der Waals surface area contributed by atoms with Crippen molar-refractivity contribution >= 4 is 11.8 Å². The maximum Gasteiger partial charge on any atom is 0.267 e. The molecular formula is C20H18N4O3. The number of nitrogens with two attached hydrogens (primary N) is 1. The molecule has 7 nitrogen and oxygen atoms in total. The van der Waals surface area contributed by atoms with Gasteiger partial charge >= 0.3 is 0 Å². The molecule has 0 fully saturated rings. The highest BCUT2D eigenvalue weighted by Gasteiger charge is 2.24. The van der Waals surface area contributed by atoms with E-state index in [1.807, 2.05) is 0 Å². The van der Waals surface area contributed by atoms with Gasteiger partial charge in [-0.25, -0.2) is 5.48 Å². The Bertz CT molecular complexity index is 917. The molecule has 7 heteroatoms. The quantitative estimate of drug-likeness (QED) is 0.358. The summed E-state index contributed by atoms with van der Waals surface area (Å²) in [5.41, 5.74) is 8.98. The second-order valence-corrected chi connectivity index (χ2v) is 5.60. The number of amides is 2. The lowest BCUT2D eigenvalue weighted by atomic mass is 10.1. The largest absolute Gasteiger partial charge is 0.339 e. The molecule has 0 radical (unpaired) electrons. The Balaban J connectivity index is 2.03. The van der Waals surface area contributed by atoms with Crippen LogP contribution in [0.2, 0.25) is 0 Å². The SMILES string of the molecule is C[C@@H](N)[C@H](NC(=O)c1ccc(C#CC#Cc2ccncc2)cc1)C(=O)NO. The van der Waals surface area contributed by atoms with Crippen LogP contribution < -0.4 is 16.5 Å². The van der Waals surface area contributed by atoms with Gasteiger partial charge in [0.1, 0.15) is 6.04 Å². The summed E-state index contributed by atoms with van der Waals surface area (Å²) in [5.74, 6) is 9.99. The molecular weight excluding hydrogens is 344 g/mol. The number of hydrogen-bond acceptors (Lipinski definition) is 5. The normalized spacial score (nSPS) is 11.7. The van der Waals surface area contributed by atoms with E-state index in [9.17, 15) is 9.59 Å². The lowest BCUT2D eigenvalue weighted by Gasteiger charge is -2.19. The summed E-state index contributed by atoms with van der Waals surface area (Å²) in [6.45, 7) is 1.55. The molecule has 27 heavy (non-hydrogen) atoms. The van der Waals surface area contributed by atoms with Gasteiger partial charge < -0.3 is 11.1 Å². The van der Waals surface area contributed by atoms with Gasteiger partial charge in [0.2, 0.25) is 0 Å². The summed E-state index contributed by atoms with van der Waals surface area (Å²) in [4.78, 5) is 27.7. The van der Waals surface area contributed by atoms with Crippen molar-refractivity contribution in [2.24, 2.45) is 5.73 Å². The number of benzene rings is 1. The summed E-state index contributed by atoms with van der Waals surface area (Å²) in [5, 5.41) is 11.2. The summed E-state index contributed by atoms with van der Waals surface area (Å²) in [7, 11) is 0. The van der Waals surface area contributed by atoms with Gasteiger partial charge in [0.05, 0.1) is 0 Å². The second-order valence-electron chi connectivity index (χ2n) is 5.60. The molecule has 136 valence electrons. The third-order valence-corrected chi connectivity index (χ3v) is 3.51. The fourth-order valence-electron chi connectivity index (χ4n) is 2.08. The smallest absolute Gasteiger partial charge is 0.267 e. The number of pyridine rings is 1. The van der Waals surface area contributed by atoms with Gasteiger partial charge in [-0.1, -0.05) is 11.8 Å². The summed E-state index contributed by atoms with van der Waals surface area (Å²) in [6.07, 6.45) is 3.31. The lowest BCUT2D eigenvalue weighted by molar-refractivity contribution is -0.131. The molecule has 1 aromatic carbocycles. The number of aromatic nitrogens is 1. The van der Waals surface area contributed by atoms with Crippen LogP contribution >= 0.6 is 0 Å². The van der Waals surface area contributed by atoms with Gasteiger partial charge in [-0.3, -0.25) is 19.8 Å². The van der Waals surface area contributed by atoms with Crippen molar-refractivity contribution in [3.8, 4) is 23.7 Å². The van der Waals surface area contributed by atoms with Crippen molar-refractivity contribution < 1.29 is 14.8 Å². The van der Waals surface area contributed by atoms with Gasteiger partial charge in [0.15, 0.2) is 0 Å². The first-order chi connectivity index (χ1) is 13.0. The Hall–Kier alpha value is -3.65. The maximum atomic E-state index is 12.2. The van der Waals surface area contributed by atoms with Crippen LogP contribution in [0.25, 0.3) is 0 Å². The van der Waals surface area contributed by atoms with Crippen molar-refractivity contribution in [1.29, 1.82) is 0 Å². The van der Waals surface area contributed by atoms with Gasteiger partial charge in [-0.15, -0.1) is 0 Å². The van der Waals surface area contributed by atoms with Crippen LogP contribution in [-0.2, 0) is 4.79 Å². The van der Waals surface area contributed by atoms with Crippen LogP contribution in [0, 0.1) is 23.7 Å². The van der Waals surface area contributed by atoms with E-state index in [-0.39, 0.29) is 0 Å². The van der Waals surface area contributed by atoms with Crippen LogP contribution in [0.3, 0.4) is 0 Å². The molecule has 0 unspecified atom stereocenters. The van der Waals surface area contributed by atoms with Crippen LogP contribution in [0.1, 0.15) is 28.4 Å². The highest BCUT2D eigenvalue weighted by atomic mass is 16.5. The summed E-state index contributed by atoms with van der Waals surface area (Å²) >= 11 is 0. The Morgan fingerprint density at radius 2 is 1.59 bits per heavy atom. The summed E-state index contributed by atoms with van der Waals surface area (Å²) in [6, 6.07) is 8.33. The minimum atomic E-state index is -1.05. The fourth-order valence-corrected chi connectivity index (χ4v) is 2.08. The van der Waals surface area contributed by atoms with Gasteiger partial charge in [-0.2, -0.15) is 0 Å². The number of hydroxylamine groups is 1. The molecule has 2 amide bonds. The average molecular weight is 362 g/mol. The van der Waals surface area contributed by atoms with Crippen molar-refractivity contribution in [3.05, 3.63) is 65.5 Å². The van der Waals surface area contributed by atoms with Crippen molar-refractivity contribution in [1.82, 2.24) is 15.8 Å². The number of rotatable bonds is 4. The predicted molar refractivity (Wildman–Crippen MR) is 99.3 cm³/mol. The van der Waals surface area contributed by atoms with E-state index in [0.717, 1.165) is 5.56 Å². The average Bonchev–Trinajstić information content (AvgIpc) is 2.69. The molecule has 2 aromatic rings. The first-order valence-corrected chi connectivity index (χ1v) is 8.04. The van der Waals surface area contributed by atoms with E-state index in [0.29, 0.717) is 11.1 Å². The van der Waals surface area contributed by atoms with Crippen molar-refractivity contribution in [3.63, 3.8) is 0 Å². The third-order valence-electron chi connectivity index (χ3n) is 3.51. The molecule has 1 aromatic heterocycles. The molecule has 0 saturated heterocycles. The molecule has 0 bridgehead atoms. The minimum Gasteiger partial charge on any atom is -0.339 e. The van der Waals surface area contributed by atoms with Crippen LogP contribution in [0.15, 0.2) is 48.8 Å². The first-order valence-electron chi connectivity index (χ1n) is 8.04. The maximum absolute atomic E-state index is 12.2. The zero-order valence-corrected chi connectivity index (χ0v) is 14.6. The Kier molecular flexibility index (Phi) is 7.09. The fraction of sp³-hybridized carbons (Fsp3) is 0.150. The molecule has 1 heterocycles.